The van der Waals surface area contributed by atoms with Gasteiger partial charge in [0.15, 0.2) is 5.78 Å². The van der Waals surface area contributed by atoms with Gasteiger partial charge in [-0.15, -0.1) is 0 Å². The first-order valence-electron chi connectivity index (χ1n) is 7.91. The molecule has 0 spiro atoms. The Morgan fingerprint density at radius 2 is 1.25 bits per heavy atom. The van der Waals surface area contributed by atoms with Crippen LogP contribution in [-0.2, 0) is 4.79 Å². The molecule has 0 radical (unpaired) electrons. The summed E-state index contributed by atoms with van der Waals surface area (Å²) in [5.74, 6) is 0.192. The summed E-state index contributed by atoms with van der Waals surface area (Å²) < 4.78 is 1.09. The molecule has 0 aromatic rings. The molecule has 0 rings (SSSR count). The third kappa shape index (κ3) is 17.8. The maximum atomic E-state index is 11.0. The third-order valence-electron chi connectivity index (χ3n) is 3.48. The average molecular weight is 348 g/mol. The summed E-state index contributed by atoms with van der Waals surface area (Å²) in [5, 5.41) is 0. The van der Waals surface area contributed by atoms with Crippen LogP contribution in [0.4, 0.5) is 0 Å². The highest BCUT2D eigenvalue weighted by Crippen LogP contribution is 2.11. The van der Waals surface area contributed by atoms with Gasteiger partial charge in [0.1, 0.15) is 0 Å². The van der Waals surface area contributed by atoms with Crippen LogP contribution < -0.4 is 17.0 Å². The fourth-order valence-electron chi connectivity index (χ4n) is 2.22. The first kappa shape index (κ1) is 22.1. The smallest absolute Gasteiger partial charge is 0.155 e. The number of hydrogen-bond acceptors (Lipinski definition) is 1. The Morgan fingerprint density at radius 1 is 0.850 bits per heavy atom. The van der Waals surface area contributed by atoms with E-state index in [1.807, 2.05) is 0 Å². The van der Waals surface area contributed by atoms with Gasteiger partial charge in [-0.2, -0.15) is 0 Å². The average Bonchev–Trinajstić information content (AvgIpc) is 2.34. The minimum Gasteiger partial charge on any atom is -1.00 e. The van der Waals surface area contributed by atoms with Crippen molar-refractivity contribution in [2.75, 3.05) is 27.7 Å². The van der Waals surface area contributed by atoms with Crippen LogP contribution in [0.3, 0.4) is 0 Å². The Bertz CT molecular complexity index is 246. The van der Waals surface area contributed by atoms with Gasteiger partial charge in [-0.3, -0.25) is 4.79 Å². The van der Waals surface area contributed by atoms with Gasteiger partial charge in [0, 0.05) is 6.42 Å². The van der Waals surface area contributed by atoms with E-state index in [0.29, 0.717) is 6.42 Å². The van der Waals surface area contributed by atoms with Crippen molar-refractivity contribution in [3.05, 3.63) is 12.7 Å². The number of ketones is 1. The van der Waals surface area contributed by atoms with Crippen molar-refractivity contribution in [2.24, 2.45) is 0 Å². The van der Waals surface area contributed by atoms with E-state index in [-0.39, 0.29) is 22.8 Å². The van der Waals surface area contributed by atoms with Crippen molar-refractivity contribution in [1.82, 2.24) is 0 Å². The molecular weight excluding hydrogens is 314 g/mol. The monoisotopic (exact) mass is 347 g/mol. The molecule has 0 aromatic heterocycles. The minimum atomic E-state index is 0. The van der Waals surface area contributed by atoms with E-state index in [2.05, 4.69) is 27.7 Å². The molecule has 0 heterocycles. The maximum absolute atomic E-state index is 11.0. The first-order chi connectivity index (χ1) is 8.95. The van der Waals surface area contributed by atoms with E-state index in [4.69, 9.17) is 0 Å². The van der Waals surface area contributed by atoms with Crippen LogP contribution in [0.25, 0.3) is 0 Å². The van der Waals surface area contributed by atoms with Gasteiger partial charge in [-0.05, 0) is 25.3 Å². The van der Waals surface area contributed by atoms with Crippen LogP contribution >= 0.6 is 0 Å². The lowest BCUT2D eigenvalue weighted by Gasteiger charge is -2.23. The molecular formula is C17H34BrNO. The van der Waals surface area contributed by atoms with Crippen molar-refractivity contribution in [3.63, 3.8) is 0 Å². The molecule has 0 aliphatic heterocycles. The summed E-state index contributed by atoms with van der Waals surface area (Å²) in [7, 11) is 6.78. The van der Waals surface area contributed by atoms with Crippen LogP contribution in [0.1, 0.15) is 64.2 Å². The molecule has 0 saturated carbocycles. The van der Waals surface area contributed by atoms with Gasteiger partial charge in [-0.25, -0.2) is 0 Å². The lowest BCUT2D eigenvalue weighted by Crippen LogP contribution is -3.00. The van der Waals surface area contributed by atoms with Crippen molar-refractivity contribution < 1.29 is 26.3 Å². The summed E-state index contributed by atoms with van der Waals surface area (Å²) in [4.78, 5) is 11.0. The molecule has 120 valence electrons. The molecule has 2 nitrogen and oxygen atoms in total. The van der Waals surface area contributed by atoms with Gasteiger partial charge in [0.05, 0.1) is 27.7 Å². The molecule has 0 atom stereocenters. The SMILES string of the molecule is C=CC(=O)CCCCCCCCCCC[N+](C)(C)C.[Br-]. The summed E-state index contributed by atoms with van der Waals surface area (Å²) in [6.45, 7) is 4.78. The quantitative estimate of drug-likeness (QED) is 0.279. The van der Waals surface area contributed by atoms with Crippen LogP contribution in [0, 0.1) is 0 Å². The fourth-order valence-corrected chi connectivity index (χ4v) is 2.22. The highest BCUT2D eigenvalue weighted by molar-refractivity contribution is 5.88. The Labute approximate surface area is 137 Å². The van der Waals surface area contributed by atoms with Crippen molar-refractivity contribution in [1.29, 1.82) is 0 Å². The van der Waals surface area contributed by atoms with E-state index >= 15 is 0 Å². The Balaban J connectivity index is 0. The largest absolute Gasteiger partial charge is 1.00 e. The summed E-state index contributed by atoms with van der Waals surface area (Å²) in [5.41, 5.74) is 0. The zero-order valence-corrected chi connectivity index (χ0v) is 15.4. The van der Waals surface area contributed by atoms with Gasteiger partial charge in [0.25, 0.3) is 0 Å². The zero-order valence-electron chi connectivity index (χ0n) is 13.8. The molecule has 3 heteroatoms. The van der Waals surface area contributed by atoms with Crippen LogP contribution in [-0.4, -0.2) is 38.0 Å². The molecule has 0 aromatic carbocycles. The Kier molecular flexibility index (Phi) is 15.3. The highest BCUT2D eigenvalue weighted by atomic mass is 79.9. The van der Waals surface area contributed by atoms with E-state index in [9.17, 15) is 4.79 Å². The standard InChI is InChI=1S/C17H34NO.BrH/c1-5-17(19)15-13-11-9-7-6-8-10-12-14-16-18(2,3)4;/h5H,1,6-16H2,2-4H3;1H/q+1;/p-1. The van der Waals surface area contributed by atoms with Gasteiger partial charge < -0.3 is 21.5 Å². The lowest BCUT2D eigenvalue weighted by atomic mass is 10.1. The number of hydrogen-bond donors (Lipinski definition) is 0. The first-order valence-corrected chi connectivity index (χ1v) is 7.91. The summed E-state index contributed by atoms with van der Waals surface area (Å²) >= 11 is 0. The molecule has 0 unspecified atom stereocenters. The number of quaternary nitrogens is 1. The van der Waals surface area contributed by atoms with Gasteiger partial charge >= 0.3 is 0 Å². The Hall–Kier alpha value is -0.150. The molecule has 0 bridgehead atoms. The van der Waals surface area contributed by atoms with Gasteiger partial charge in [-0.1, -0.05) is 45.1 Å². The molecule has 0 amide bonds. The van der Waals surface area contributed by atoms with E-state index in [0.717, 1.165) is 10.9 Å². The molecule has 0 aliphatic rings. The lowest BCUT2D eigenvalue weighted by molar-refractivity contribution is -0.870. The van der Waals surface area contributed by atoms with E-state index < -0.39 is 0 Å². The maximum Gasteiger partial charge on any atom is 0.155 e. The predicted octanol–water partition coefficient (Wildman–Crippen LogP) is 1.35. The van der Waals surface area contributed by atoms with Crippen LogP contribution in [0.2, 0.25) is 0 Å². The van der Waals surface area contributed by atoms with Gasteiger partial charge in [0.2, 0.25) is 0 Å². The topological polar surface area (TPSA) is 17.1 Å². The molecule has 0 saturated heterocycles. The van der Waals surface area contributed by atoms with Crippen LogP contribution in [0.5, 0.6) is 0 Å². The van der Waals surface area contributed by atoms with E-state index in [1.165, 1.54) is 64.0 Å². The zero-order chi connectivity index (χ0) is 14.6. The van der Waals surface area contributed by atoms with Crippen molar-refractivity contribution >= 4 is 5.78 Å². The summed E-state index contributed by atoms with van der Waals surface area (Å²) in [6, 6.07) is 0. The third-order valence-corrected chi connectivity index (χ3v) is 3.48. The molecule has 0 fully saturated rings. The number of allylic oxidation sites excluding steroid dienone is 1. The molecule has 20 heavy (non-hydrogen) atoms. The number of halogens is 1. The van der Waals surface area contributed by atoms with Crippen molar-refractivity contribution in [2.45, 2.75) is 64.2 Å². The number of rotatable bonds is 13. The normalized spacial score (nSPS) is 10.9. The number of carbonyl (C=O) groups is 1. The van der Waals surface area contributed by atoms with E-state index in [1.54, 1.807) is 0 Å². The Morgan fingerprint density at radius 3 is 1.65 bits per heavy atom. The second-order valence-corrected chi connectivity index (χ2v) is 6.62. The number of carbonyl (C=O) groups excluding carboxylic acids is 1. The summed E-state index contributed by atoms with van der Waals surface area (Å²) in [6.07, 6.45) is 13.8. The minimum absolute atomic E-state index is 0. The number of unbranched alkanes of at least 4 members (excludes halogenated alkanes) is 8. The highest BCUT2D eigenvalue weighted by Gasteiger charge is 2.04. The second kappa shape index (κ2) is 13.8. The van der Waals surface area contributed by atoms with Crippen molar-refractivity contribution in [3.8, 4) is 0 Å². The number of nitrogens with zero attached hydrogens (tertiary/aromatic N) is 1. The molecule has 0 N–H and O–H groups in total. The fraction of sp³-hybridized carbons (Fsp3) is 0.824. The predicted molar refractivity (Wildman–Crippen MR) is 84.3 cm³/mol. The molecule has 0 aliphatic carbocycles. The van der Waals surface area contributed by atoms with Crippen LogP contribution in [0.15, 0.2) is 12.7 Å². The second-order valence-electron chi connectivity index (χ2n) is 6.62.